The quantitative estimate of drug-likeness (QED) is 0.799. The first-order chi connectivity index (χ1) is 8.27. The molecule has 0 aromatic rings. The monoisotopic (exact) mass is 274 g/mol. The fraction of sp³-hybridized carbons (Fsp3) is 0.929. The van der Waals surface area contributed by atoms with Gasteiger partial charge in [-0.25, -0.2) is 0 Å². The maximum Gasteiger partial charge on any atom is 0.225 e. The minimum absolute atomic E-state index is 0. The molecule has 1 saturated heterocycles. The summed E-state index contributed by atoms with van der Waals surface area (Å²) >= 11 is 0. The molecular formula is C14H27ClN2O. The second kappa shape index (κ2) is 8.00. The second-order valence-corrected chi connectivity index (χ2v) is 5.73. The molecule has 2 aliphatic rings. The smallest absolute Gasteiger partial charge is 0.225 e. The van der Waals surface area contributed by atoms with Gasteiger partial charge in [0.1, 0.15) is 0 Å². The Morgan fingerprint density at radius 2 is 1.56 bits per heavy atom. The first-order valence-corrected chi connectivity index (χ1v) is 7.32. The molecule has 2 rings (SSSR count). The molecule has 0 spiro atoms. The Morgan fingerprint density at radius 3 is 2.17 bits per heavy atom. The molecule has 1 saturated carbocycles. The number of nitrogens with zero attached hydrogens (tertiary/aromatic N) is 1. The highest BCUT2D eigenvalue weighted by atomic mass is 35.5. The summed E-state index contributed by atoms with van der Waals surface area (Å²) in [5.41, 5.74) is 5.95. The molecule has 1 atom stereocenters. The van der Waals surface area contributed by atoms with Crippen LogP contribution in [0.3, 0.4) is 0 Å². The molecule has 2 fully saturated rings. The van der Waals surface area contributed by atoms with Crippen molar-refractivity contribution in [2.75, 3.05) is 13.1 Å². The molecule has 106 valence electrons. The molecule has 4 heteroatoms. The van der Waals surface area contributed by atoms with E-state index in [-0.39, 0.29) is 18.4 Å². The molecule has 3 nitrogen and oxygen atoms in total. The van der Waals surface area contributed by atoms with Crippen molar-refractivity contribution < 1.29 is 4.79 Å². The van der Waals surface area contributed by atoms with Crippen LogP contribution in [0.15, 0.2) is 0 Å². The maximum atomic E-state index is 12.4. The lowest BCUT2D eigenvalue weighted by Crippen LogP contribution is -2.47. The van der Waals surface area contributed by atoms with Gasteiger partial charge in [-0.2, -0.15) is 0 Å². The van der Waals surface area contributed by atoms with Crippen LogP contribution in [0.25, 0.3) is 0 Å². The van der Waals surface area contributed by atoms with Crippen molar-refractivity contribution in [2.45, 2.75) is 63.8 Å². The van der Waals surface area contributed by atoms with Gasteiger partial charge in [0.25, 0.3) is 0 Å². The van der Waals surface area contributed by atoms with Gasteiger partial charge in [0.05, 0.1) is 0 Å². The van der Waals surface area contributed by atoms with E-state index in [1.807, 2.05) is 4.90 Å². The number of hydrogen-bond acceptors (Lipinski definition) is 2. The van der Waals surface area contributed by atoms with Gasteiger partial charge in [0, 0.05) is 25.0 Å². The van der Waals surface area contributed by atoms with Crippen LogP contribution in [0, 0.1) is 5.92 Å². The zero-order valence-corrected chi connectivity index (χ0v) is 12.1. The summed E-state index contributed by atoms with van der Waals surface area (Å²) in [5, 5.41) is 0. The van der Waals surface area contributed by atoms with Gasteiger partial charge in [0.2, 0.25) is 5.91 Å². The molecule has 1 heterocycles. The normalized spacial score (nSPS) is 26.9. The largest absolute Gasteiger partial charge is 0.341 e. The molecule has 0 aromatic carbocycles. The van der Waals surface area contributed by atoms with Crippen LogP contribution in [-0.4, -0.2) is 29.9 Å². The third-order valence-electron chi connectivity index (χ3n) is 4.22. The van der Waals surface area contributed by atoms with Crippen LogP contribution in [0.1, 0.15) is 57.8 Å². The highest BCUT2D eigenvalue weighted by Crippen LogP contribution is 2.25. The molecule has 0 radical (unpaired) electrons. The van der Waals surface area contributed by atoms with E-state index in [0.29, 0.717) is 11.8 Å². The molecule has 2 N–H and O–H groups in total. The van der Waals surface area contributed by atoms with Crippen molar-refractivity contribution in [3.05, 3.63) is 0 Å². The van der Waals surface area contributed by atoms with Gasteiger partial charge in [-0.15, -0.1) is 12.4 Å². The molecule has 1 aliphatic carbocycles. The molecule has 0 aromatic heterocycles. The molecule has 0 bridgehead atoms. The van der Waals surface area contributed by atoms with Gasteiger partial charge >= 0.3 is 0 Å². The number of hydrogen-bond donors (Lipinski definition) is 1. The number of carbonyl (C=O) groups excluding carboxylic acids is 1. The predicted molar refractivity (Wildman–Crippen MR) is 76.8 cm³/mol. The molecule has 0 unspecified atom stereocenters. The summed E-state index contributed by atoms with van der Waals surface area (Å²) in [5.74, 6) is 0.683. The molecule has 1 aliphatic heterocycles. The fourth-order valence-electron chi connectivity index (χ4n) is 3.17. The van der Waals surface area contributed by atoms with E-state index >= 15 is 0 Å². The Labute approximate surface area is 117 Å². The topological polar surface area (TPSA) is 46.3 Å². The van der Waals surface area contributed by atoms with Crippen molar-refractivity contribution in [1.82, 2.24) is 4.90 Å². The van der Waals surface area contributed by atoms with Gasteiger partial charge in [0.15, 0.2) is 0 Å². The zero-order chi connectivity index (χ0) is 12.1. The van der Waals surface area contributed by atoms with Crippen molar-refractivity contribution in [3.63, 3.8) is 0 Å². The Balaban J connectivity index is 0.00000162. The van der Waals surface area contributed by atoms with Gasteiger partial charge < -0.3 is 10.6 Å². The summed E-state index contributed by atoms with van der Waals surface area (Å²) in [6, 6.07) is 0.209. The maximum absolute atomic E-state index is 12.4. The van der Waals surface area contributed by atoms with Gasteiger partial charge in [-0.05, 0) is 25.7 Å². The summed E-state index contributed by atoms with van der Waals surface area (Å²) in [4.78, 5) is 14.5. The highest BCUT2D eigenvalue weighted by Gasteiger charge is 2.27. The van der Waals surface area contributed by atoms with E-state index in [1.165, 1.54) is 32.1 Å². The van der Waals surface area contributed by atoms with Crippen molar-refractivity contribution >= 4 is 18.3 Å². The number of amides is 1. The van der Waals surface area contributed by atoms with Crippen molar-refractivity contribution in [1.29, 1.82) is 0 Å². The summed E-state index contributed by atoms with van der Waals surface area (Å²) in [7, 11) is 0. The zero-order valence-electron chi connectivity index (χ0n) is 11.3. The van der Waals surface area contributed by atoms with E-state index in [2.05, 4.69) is 0 Å². The molecule has 18 heavy (non-hydrogen) atoms. The van der Waals surface area contributed by atoms with E-state index in [4.69, 9.17) is 5.73 Å². The number of rotatable bonds is 1. The lowest BCUT2D eigenvalue weighted by atomic mass is 9.89. The lowest BCUT2D eigenvalue weighted by Gasteiger charge is -2.34. The van der Waals surface area contributed by atoms with Gasteiger partial charge in [-0.3, -0.25) is 4.79 Å². The number of nitrogens with two attached hydrogens (primary N) is 1. The predicted octanol–water partition coefficient (Wildman–Crippen LogP) is 2.72. The van der Waals surface area contributed by atoms with E-state index in [0.717, 1.165) is 38.8 Å². The number of carbonyl (C=O) groups is 1. The summed E-state index contributed by atoms with van der Waals surface area (Å²) in [6.07, 6.45) is 10.8. The van der Waals surface area contributed by atoms with E-state index < -0.39 is 0 Å². The molecular weight excluding hydrogens is 248 g/mol. The second-order valence-electron chi connectivity index (χ2n) is 5.73. The van der Waals surface area contributed by atoms with Gasteiger partial charge in [-0.1, -0.05) is 32.1 Å². The summed E-state index contributed by atoms with van der Waals surface area (Å²) in [6.45, 7) is 1.72. The van der Waals surface area contributed by atoms with Crippen LogP contribution in [-0.2, 0) is 4.79 Å². The minimum atomic E-state index is 0. The third-order valence-corrected chi connectivity index (χ3v) is 4.22. The Bertz CT molecular complexity index is 252. The SMILES string of the molecule is Cl.N[C@@H]1CCCN(C(=O)C2CCCCCCC2)C1. The third kappa shape index (κ3) is 4.43. The van der Waals surface area contributed by atoms with E-state index in [9.17, 15) is 4.79 Å². The lowest BCUT2D eigenvalue weighted by molar-refractivity contribution is -0.137. The van der Waals surface area contributed by atoms with Crippen LogP contribution in [0.4, 0.5) is 0 Å². The first-order valence-electron chi connectivity index (χ1n) is 7.32. The number of piperidine rings is 1. The standard InChI is InChI=1S/C14H26N2O.ClH/c15-13-9-6-10-16(11-13)14(17)12-7-4-2-1-3-5-8-12;/h12-13H,1-11,15H2;1H/t13-;/m1./s1. The Hall–Kier alpha value is -0.280. The van der Waals surface area contributed by atoms with Crippen LogP contribution in [0.5, 0.6) is 0 Å². The Kier molecular flexibility index (Phi) is 7.02. The van der Waals surface area contributed by atoms with Crippen molar-refractivity contribution in [3.8, 4) is 0 Å². The van der Waals surface area contributed by atoms with Crippen LogP contribution >= 0.6 is 12.4 Å². The fourth-order valence-corrected chi connectivity index (χ4v) is 3.17. The van der Waals surface area contributed by atoms with Crippen molar-refractivity contribution in [2.24, 2.45) is 11.7 Å². The highest BCUT2D eigenvalue weighted by molar-refractivity contribution is 5.85. The number of likely N-dealkylation sites (tertiary alicyclic amines) is 1. The average Bonchev–Trinajstić information content (AvgIpc) is 2.28. The van der Waals surface area contributed by atoms with Crippen LogP contribution < -0.4 is 5.73 Å². The Morgan fingerprint density at radius 1 is 0.944 bits per heavy atom. The number of halogens is 1. The first kappa shape index (κ1) is 15.8. The summed E-state index contributed by atoms with van der Waals surface area (Å²) < 4.78 is 0. The minimum Gasteiger partial charge on any atom is -0.341 e. The molecule has 1 amide bonds. The average molecular weight is 275 g/mol. The van der Waals surface area contributed by atoms with Crippen LogP contribution in [0.2, 0.25) is 0 Å². The van der Waals surface area contributed by atoms with E-state index in [1.54, 1.807) is 0 Å².